The topological polar surface area (TPSA) is 21.3 Å². The summed E-state index contributed by atoms with van der Waals surface area (Å²) < 4.78 is 5.20. The molecule has 0 aliphatic heterocycles. The number of benzene rings is 1. The molecule has 0 fully saturated rings. The lowest BCUT2D eigenvalue weighted by molar-refractivity contribution is 0.413. The van der Waals surface area contributed by atoms with Crippen LogP contribution in [0.1, 0.15) is 26.2 Å². The standard InChI is InChI=1S/C14H23NOS/c1-3-9-15-10-4-5-11-17-14-8-6-7-13(12-14)16-2/h6-8,12,15H,3-5,9-11H2,1-2H3. The summed E-state index contributed by atoms with van der Waals surface area (Å²) >= 11 is 1.91. The van der Waals surface area contributed by atoms with Gasteiger partial charge in [-0.3, -0.25) is 0 Å². The second kappa shape index (κ2) is 9.37. The van der Waals surface area contributed by atoms with Crippen molar-refractivity contribution >= 4 is 11.8 Å². The first-order valence-corrected chi connectivity index (χ1v) is 7.33. The van der Waals surface area contributed by atoms with Crippen LogP contribution in [0.3, 0.4) is 0 Å². The first-order chi connectivity index (χ1) is 8.36. The van der Waals surface area contributed by atoms with Gasteiger partial charge in [-0.05, 0) is 56.3 Å². The zero-order valence-electron chi connectivity index (χ0n) is 10.9. The maximum absolute atomic E-state index is 5.20. The zero-order chi connectivity index (χ0) is 12.3. The van der Waals surface area contributed by atoms with Crippen molar-refractivity contribution in [2.24, 2.45) is 0 Å². The van der Waals surface area contributed by atoms with Gasteiger partial charge in [-0.25, -0.2) is 0 Å². The predicted octanol–water partition coefficient (Wildman–Crippen LogP) is 3.57. The summed E-state index contributed by atoms with van der Waals surface area (Å²) in [6.45, 7) is 4.49. The summed E-state index contributed by atoms with van der Waals surface area (Å²) in [5.41, 5.74) is 0. The van der Waals surface area contributed by atoms with Crippen LogP contribution in [-0.4, -0.2) is 26.0 Å². The monoisotopic (exact) mass is 253 g/mol. The van der Waals surface area contributed by atoms with Gasteiger partial charge in [0.2, 0.25) is 0 Å². The van der Waals surface area contributed by atoms with E-state index in [1.54, 1.807) is 7.11 Å². The van der Waals surface area contributed by atoms with Crippen LogP contribution in [0.15, 0.2) is 29.2 Å². The maximum Gasteiger partial charge on any atom is 0.119 e. The van der Waals surface area contributed by atoms with Crippen LogP contribution >= 0.6 is 11.8 Å². The van der Waals surface area contributed by atoms with Gasteiger partial charge in [0, 0.05) is 4.90 Å². The van der Waals surface area contributed by atoms with E-state index in [1.807, 2.05) is 23.9 Å². The summed E-state index contributed by atoms with van der Waals surface area (Å²) in [7, 11) is 1.71. The molecule has 0 bridgehead atoms. The van der Waals surface area contributed by atoms with Crippen LogP contribution in [0.4, 0.5) is 0 Å². The third kappa shape index (κ3) is 6.59. The summed E-state index contributed by atoms with van der Waals surface area (Å²) in [6, 6.07) is 8.27. The van der Waals surface area contributed by atoms with Gasteiger partial charge >= 0.3 is 0 Å². The largest absolute Gasteiger partial charge is 0.497 e. The van der Waals surface area contributed by atoms with Crippen molar-refractivity contribution in [1.82, 2.24) is 5.32 Å². The maximum atomic E-state index is 5.20. The van der Waals surface area contributed by atoms with Crippen molar-refractivity contribution in [3.63, 3.8) is 0 Å². The van der Waals surface area contributed by atoms with Crippen LogP contribution in [0, 0.1) is 0 Å². The lowest BCUT2D eigenvalue weighted by Gasteiger charge is -2.05. The number of hydrogen-bond donors (Lipinski definition) is 1. The number of unbranched alkanes of at least 4 members (excludes halogenated alkanes) is 1. The summed E-state index contributed by atoms with van der Waals surface area (Å²) in [4.78, 5) is 1.30. The van der Waals surface area contributed by atoms with Crippen molar-refractivity contribution in [2.75, 3.05) is 26.0 Å². The third-order valence-electron chi connectivity index (χ3n) is 2.48. The SMILES string of the molecule is CCCNCCCCSc1cccc(OC)c1. The normalized spacial score (nSPS) is 10.5. The summed E-state index contributed by atoms with van der Waals surface area (Å²) in [5.74, 6) is 2.13. The molecule has 0 aliphatic carbocycles. The molecule has 17 heavy (non-hydrogen) atoms. The lowest BCUT2D eigenvalue weighted by atomic mass is 10.3. The number of thioether (sulfide) groups is 1. The number of hydrogen-bond acceptors (Lipinski definition) is 3. The molecule has 1 N–H and O–H groups in total. The van der Waals surface area contributed by atoms with E-state index in [2.05, 4.69) is 24.4 Å². The number of ether oxygens (including phenoxy) is 1. The van der Waals surface area contributed by atoms with Gasteiger partial charge in [0.15, 0.2) is 0 Å². The molecule has 0 atom stereocenters. The lowest BCUT2D eigenvalue weighted by Crippen LogP contribution is -2.15. The van der Waals surface area contributed by atoms with E-state index in [0.717, 1.165) is 18.8 Å². The molecule has 0 heterocycles. The van der Waals surface area contributed by atoms with E-state index in [-0.39, 0.29) is 0 Å². The molecule has 0 unspecified atom stereocenters. The van der Waals surface area contributed by atoms with Crippen LogP contribution in [0.25, 0.3) is 0 Å². The quantitative estimate of drug-likeness (QED) is 0.537. The summed E-state index contributed by atoms with van der Waals surface area (Å²) in [5, 5.41) is 3.42. The first kappa shape index (κ1) is 14.4. The molecule has 1 aromatic rings. The van der Waals surface area contributed by atoms with E-state index in [1.165, 1.54) is 29.9 Å². The highest BCUT2D eigenvalue weighted by Gasteiger charge is 1.96. The van der Waals surface area contributed by atoms with Crippen molar-refractivity contribution < 1.29 is 4.74 Å². The highest BCUT2D eigenvalue weighted by Crippen LogP contribution is 2.23. The predicted molar refractivity (Wildman–Crippen MR) is 76.1 cm³/mol. The zero-order valence-corrected chi connectivity index (χ0v) is 11.7. The highest BCUT2D eigenvalue weighted by molar-refractivity contribution is 7.99. The molecule has 2 nitrogen and oxygen atoms in total. The number of rotatable bonds is 9. The Balaban J connectivity index is 2.09. The smallest absolute Gasteiger partial charge is 0.119 e. The van der Waals surface area contributed by atoms with Crippen molar-refractivity contribution in [1.29, 1.82) is 0 Å². The van der Waals surface area contributed by atoms with Crippen LogP contribution in [-0.2, 0) is 0 Å². The van der Waals surface area contributed by atoms with Gasteiger partial charge < -0.3 is 10.1 Å². The molecule has 0 radical (unpaired) electrons. The van der Waals surface area contributed by atoms with Gasteiger partial charge in [0.05, 0.1) is 7.11 Å². The second-order valence-corrected chi connectivity index (χ2v) is 5.15. The highest BCUT2D eigenvalue weighted by atomic mass is 32.2. The molecule has 0 spiro atoms. The minimum Gasteiger partial charge on any atom is -0.497 e. The average Bonchev–Trinajstić information content (AvgIpc) is 2.38. The Bertz CT molecular complexity index is 304. The molecule has 0 amide bonds. The Morgan fingerprint density at radius 2 is 2.12 bits per heavy atom. The summed E-state index contributed by atoms with van der Waals surface area (Å²) in [6.07, 6.45) is 3.74. The van der Waals surface area contributed by atoms with E-state index < -0.39 is 0 Å². The molecule has 0 saturated carbocycles. The number of nitrogens with one attached hydrogen (secondary N) is 1. The Morgan fingerprint density at radius 1 is 1.24 bits per heavy atom. The van der Waals surface area contributed by atoms with Crippen LogP contribution in [0.2, 0.25) is 0 Å². The Hall–Kier alpha value is -0.670. The van der Waals surface area contributed by atoms with E-state index in [9.17, 15) is 0 Å². The second-order valence-electron chi connectivity index (χ2n) is 3.98. The minimum absolute atomic E-state index is 0.944. The van der Waals surface area contributed by atoms with Crippen LogP contribution < -0.4 is 10.1 Å². The van der Waals surface area contributed by atoms with Gasteiger partial charge in [0.1, 0.15) is 5.75 Å². The number of methoxy groups -OCH3 is 1. The molecule has 0 aliphatic rings. The van der Waals surface area contributed by atoms with Gasteiger partial charge in [-0.2, -0.15) is 0 Å². The van der Waals surface area contributed by atoms with Crippen LogP contribution in [0.5, 0.6) is 5.75 Å². The first-order valence-electron chi connectivity index (χ1n) is 6.34. The van der Waals surface area contributed by atoms with E-state index in [4.69, 9.17) is 4.74 Å². The van der Waals surface area contributed by atoms with Crippen molar-refractivity contribution in [3.8, 4) is 5.75 Å². The molecule has 1 aromatic carbocycles. The Morgan fingerprint density at radius 3 is 2.88 bits per heavy atom. The van der Waals surface area contributed by atoms with Crippen molar-refractivity contribution in [3.05, 3.63) is 24.3 Å². The molecular weight excluding hydrogens is 230 g/mol. The Kier molecular flexibility index (Phi) is 7.93. The minimum atomic E-state index is 0.944. The fourth-order valence-corrected chi connectivity index (χ4v) is 2.49. The fourth-order valence-electron chi connectivity index (χ4n) is 1.53. The van der Waals surface area contributed by atoms with Gasteiger partial charge in [0.25, 0.3) is 0 Å². The Labute approximate surface area is 109 Å². The average molecular weight is 253 g/mol. The molecule has 96 valence electrons. The van der Waals surface area contributed by atoms with Crippen molar-refractivity contribution in [2.45, 2.75) is 31.1 Å². The van der Waals surface area contributed by atoms with E-state index >= 15 is 0 Å². The fraction of sp³-hybridized carbons (Fsp3) is 0.571. The van der Waals surface area contributed by atoms with Gasteiger partial charge in [-0.1, -0.05) is 13.0 Å². The molecule has 0 aromatic heterocycles. The third-order valence-corrected chi connectivity index (χ3v) is 3.56. The molecular formula is C14H23NOS. The molecule has 3 heteroatoms. The molecule has 0 saturated heterocycles. The van der Waals surface area contributed by atoms with Gasteiger partial charge in [-0.15, -0.1) is 11.8 Å². The molecule has 1 rings (SSSR count). The van der Waals surface area contributed by atoms with E-state index in [0.29, 0.717) is 0 Å².